The molecule has 0 aromatic carbocycles. The van der Waals surface area contributed by atoms with Crippen LogP contribution in [0.2, 0.25) is 0 Å². The Morgan fingerprint density at radius 2 is 0.932 bits per heavy atom. The van der Waals surface area contributed by atoms with E-state index < -0.39 is 152 Å². The average molecular weight is 1080 g/mol. The third kappa shape index (κ3) is 27.9. The molecule has 0 aliphatic carbocycles. The summed E-state index contributed by atoms with van der Waals surface area (Å²) in [6.07, 6.45) is 1.39. The van der Waals surface area contributed by atoms with Crippen molar-refractivity contribution in [2.75, 3.05) is 38.3 Å². The van der Waals surface area contributed by atoms with E-state index >= 15 is 0 Å². The topological polar surface area (TPSA) is 464 Å². The summed E-state index contributed by atoms with van der Waals surface area (Å²) in [7, 11) is 0. The molecule has 0 radical (unpaired) electrons. The van der Waals surface area contributed by atoms with Crippen molar-refractivity contribution in [1.82, 2.24) is 47.9 Å². The van der Waals surface area contributed by atoms with Gasteiger partial charge in [0.15, 0.2) is 0 Å². The van der Waals surface area contributed by atoms with Crippen LogP contribution in [0.4, 0.5) is 0 Å². The predicted octanol–water partition coefficient (Wildman–Crippen LogP) is -4.28. The molecule has 10 atom stereocenters. The van der Waals surface area contributed by atoms with Crippen LogP contribution in [-0.4, -0.2) is 179 Å². The molecular weight excluding hydrogens is 991 g/mol. The molecule has 28 heteroatoms. The molecule has 0 unspecified atom stereocenters. The lowest BCUT2D eigenvalue weighted by Crippen LogP contribution is -2.61. The first-order valence-corrected chi connectivity index (χ1v) is 26.4. The lowest BCUT2D eigenvalue weighted by molar-refractivity contribution is -0.143. The van der Waals surface area contributed by atoms with Crippen LogP contribution in [0.25, 0.3) is 0 Å². The maximum atomic E-state index is 14.3. The highest BCUT2D eigenvalue weighted by molar-refractivity contribution is 7.98. The van der Waals surface area contributed by atoms with Crippen LogP contribution >= 0.6 is 11.8 Å². The highest BCUT2D eigenvalue weighted by Gasteiger charge is 2.36. The summed E-state index contributed by atoms with van der Waals surface area (Å²) in [5.41, 5.74) is 22.9. The second kappa shape index (κ2) is 37.5. The van der Waals surface area contributed by atoms with Crippen LogP contribution < -0.4 is 70.8 Å². The molecule has 0 saturated heterocycles. The molecule has 27 nitrogen and oxygen atoms in total. The normalized spacial score (nSPS) is 15.5. The summed E-state index contributed by atoms with van der Waals surface area (Å²) < 4.78 is 0. The molecule has 0 aliphatic rings. The first-order valence-electron chi connectivity index (χ1n) is 25.0. The molecule has 0 spiro atoms. The van der Waals surface area contributed by atoms with Crippen molar-refractivity contribution < 1.29 is 68.4 Å². The Labute approximate surface area is 437 Å². The number of aliphatic hydroxyl groups is 2. The van der Waals surface area contributed by atoms with Gasteiger partial charge >= 0.3 is 11.9 Å². The van der Waals surface area contributed by atoms with Gasteiger partial charge in [0.05, 0.1) is 19.3 Å². The van der Waals surface area contributed by atoms with E-state index in [0.717, 1.165) is 0 Å². The summed E-state index contributed by atoms with van der Waals surface area (Å²) in [6, 6.07) is -12.4. The van der Waals surface area contributed by atoms with Crippen LogP contribution in [0.3, 0.4) is 0 Å². The van der Waals surface area contributed by atoms with Gasteiger partial charge in [0, 0.05) is 6.42 Å². The fourth-order valence-corrected chi connectivity index (χ4v) is 7.65. The molecule has 0 fully saturated rings. The second-order valence-electron chi connectivity index (χ2n) is 19.0. The molecule has 0 heterocycles. The van der Waals surface area contributed by atoms with E-state index in [9.17, 15) is 68.4 Å². The molecule has 0 saturated carbocycles. The van der Waals surface area contributed by atoms with Crippen molar-refractivity contribution in [3.63, 3.8) is 0 Å². The van der Waals surface area contributed by atoms with E-state index in [2.05, 4.69) is 47.9 Å². The number of rotatable bonds is 40. The number of hydrogen-bond donors (Lipinski definition) is 17. The van der Waals surface area contributed by atoms with E-state index in [1.807, 2.05) is 6.26 Å². The Kier molecular flexibility index (Phi) is 34.8. The van der Waals surface area contributed by atoms with Crippen LogP contribution in [-0.2, 0) is 47.9 Å². The van der Waals surface area contributed by atoms with E-state index in [-0.39, 0.29) is 63.5 Å². The molecule has 426 valence electrons. The number of carboxylic acids is 2. The van der Waals surface area contributed by atoms with Crippen LogP contribution in [0, 0.1) is 17.8 Å². The van der Waals surface area contributed by atoms with Gasteiger partial charge in [-0.05, 0) is 101 Å². The molecule has 8 amide bonds. The number of thioether (sulfide) groups is 1. The molecule has 0 rings (SSSR count). The number of aliphatic hydroxyl groups excluding tert-OH is 2. The fraction of sp³-hybridized carbons (Fsp3) is 0.783. The lowest BCUT2D eigenvalue weighted by Gasteiger charge is -2.30. The molecule has 74 heavy (non-hydrogen) atoms. The third-order valence-corrected chi connectivity index (χ3v) is 12.2. The van der Waals surface area contributed by atoms with Crippen molar-refractivity contribution >= 4 is 71.0 Å². The lowest BCUT2D eigenvalue weighted by atomic mass is 9.96. The van der Waals surface area contributed by atoms with Crippen LogP contribution in [0.15, 0.2) is 0 Å². The first-order chi connectivity index (χ1) is 34.8. The van der Waals surface area contributed by atoms with Gasteiger partial charge in [-0.1, -0.05) is 48.0 Å². The highest BCUT2D eigenvalue weighted by Crippen LogP contribution is 2.14. The quantitative estimate of drug-likeness (QED) is 0.0204. The first kappa shape index (κ1) is 68.8. The van der Waals surface area contributed by atoms with Gasteiger partial charge in [-0.15, -0.1) is 0 Å². The highest BCUT2D eigenvalue weighted by atomic mass is 32.2. The number of hydrogen-bond acceptors (Lipinski definition) is 18. The Morgan fingerprint density at radius 1 is 0.514 bits per heavy atom. The minimum absolute atomic E-state index is 0.00291. The van der Waals surface area contributed by atoms with Gasteiger partial charge in [-0.2, -0.15) is 11.8 Å². The Hall–Kier alpha value is -5.23. The molecule has 0 bridgehead atoms. The number of nitrogens with one attached hydrogen (secondary N) is 9. The summed E-state index contributed by atoms with van der Waals surface area (Å²) in [4.78, 5) is 133. The maximum absolute atomic E-state index is 14.3. The van der Waals surface area contributed by atoms with Crippen molar-refractivity contribution in [1.29, 1.82) is 0 Å². The minimum atomic E-state index is -1.65. The smallest absolute Gasteiger partial charge is 0.328 e. The fourth-order valence-electron chi connectivity index (χ4n) is 7.16. The number of carboxylic acid groups (broad SMARTS) is 2. The van der Waals surface area contributed by atoms with Crippen molar-refractivity contribution in [3.05, 3.63) is 0 Å². The summed E-state index contributed by atoms with van der Waals surface area (Å²) in [5.74, 6) is -10.2. The van der Waals surface area contributed by atoms with Gasteiger partial charge in [0.2, 0.25) is 47.3 Å². The van der Waals surface area contributed by atoms with Crippen molar-refractivity contribution in [2.45, 2.75) is 173 Å². The maximum Gasteiger partial charge on any atom is 0.328 e. The van der Waals surface area contributed by atoms with Crippen molar-refractivity contribution in [2.24, 2.45) is 40.7 Å². The van der Waals surface area contributed by atoms with Gasteiger partial charge in [0.1, 0.15) is 54.6 Å². The average Bonchev–Trinajstić information content (AvgIpc) is 3.33. The van der Waals surface area contributed by atoms with E-state index in [1.165, 1.54) is 11.8 Å². The Bertz CT molecular complexity index is 1800. The van der Waals surface area contributed by atoms with Gasteiger partial charge < -0.3 is 85.9 Å². The zero-order valence-electron chi connectivity index (χ0n) is 43.9. The van der Waals surface area contributed by atoms with Crippen LogP contribution in [0.1, 0.15) is 112 Å². The second-order valence-corrected chi connectivity index (χ2v) is 20.0. The van der Waals surface area contributed by atoms with Crippen molar-refractivity contribution in [3.8, 4) is 0 Å². The zero-order valence-corrected chi connectivity index (χ0v) is 44.7. The number of unbranched alkanes of at least 4 members (excludes halogenated alkanes) is 1. The van der Waals surface area contributed by atoms with Gasteiger partial charge in [-0.25, -0.2) is 4.79 Å². The number of amides is 8. The van der Waals surface area contributed by atoms with Crippen LogP contribution in [0.5, 0.6) is 0 Å². The SMILES string of the molecule is CC[C@H](C)[C@H](NC(=O)[C@H](CCC(=O)O)NC(=O)[C@H](CO)NC(=O)[C@@H](N)CCSC)C(=O)N[C@@H](CCCCN)C(=O)N[C@@H](CCCNC(N)N)C(=O)N[C@@H](CC(C)C)C(=O)N[C@@H](CC(C)C)C(=O)N[C@@H](CO)C(=O)O. The summed E-state index contributed by atoms with van der Waals surface area (Å²) in [6.45, 7) is 9.04. The van der Waals surface area contributed by atoms with E-state index in [1.54, 1.807) is 41.5 Å². The van der Waals surface area contributed by atoms with E-state index in [4.69, 9.17) is 22.9 Å². The number of aliphatic carboxylic acids is 2. The largest absolute Gasteiger partial charge is 0.481 e. The molecule has 0 aromatic rings. The number of carbonyl (C=O) groups is 10. The van der Waals surface area contributed by atoms with Gasteiger partial charge in [-0.3, -0.25) is 48.5 Å². The summed E-state index contributed by atoms with van der Waals surface area (Å²) >= 11 is 1.44. The Balaban J connectivity index is 6.86. The summed E-state index contributed by atoms with van der Waals surface area (Å²) in [5, 5.41) is 61.2. The third-order valence-electron chi connectivity index (χ3n) is 11.6. The number of nitrogens with two attached hydrogens (primary N) is 4. The number of carbonyl (C=O) groups excluding carboxylic acids is 8. The molecule has 0 aliphatic heterocycles. The zero-order chi connectivity index (χ0) is 56.7. The Morgan fingerprint density at radius 3 is 1.36 bits per heavy atom. The molecule has 21 N–H and O–H groups in total. The minimum Gasteiger partial charge on any atom is -0.481 e. The predicted molar refractivity (Wildman–Crippen MR) is 276 cm³/mol. The standard InChI is InChI=1S/C46H87N13O14S/c1-8-26(6)36(59-40(67)30(14-15-35(62)63)53-43(70)33(22-60)57-37(64)27(48)16-19-74-7)44(71)54-28(12-9-10-17-47)38(65)52-29(13-11-18-51-46(49)50)39(66)55-31(20-24(2)3)41(68)56-32(21-25(4)5)42(69)58-34(23-61)45(72)73/h24-34,36,46,51,60-61H,8-23,47-50H2,1-7H3,(H,52,65)(H,53,70)(H,54,71)(H,55,66)(H,56,68)(H,57,64)(H,58,69)(H,59,67)(H,62,63)(H,72,73)/t26-,27-,28-,29-,30-,31-,32-,33-,34-,36-/m0/s1. The van der Waals surface area contributed by atoms with E-state index in [0.29, 0.717) is 25.0 Å². The molecule has 0 aromatic heterocycles. The van der Waals surface area contributed by atoms with Gasteiger partial charge in [0.25, 0.3) is 0 Å². The molecular formula is C46H87N13O14S. The monoisotopic (exact) mass is 1080 g/mol.